The molecule has 0 bridgehead atoms. The summed E-state index contributed by atoms with van der Waals surface area (Å²) in [6, 6.07) is 8.21. The molecule has 0 aromatic heterocycles. The fourth-order valence-corrected chi connectivity index (χ4v) is 7.94. The first-order valence-corrected chi connectivity index (χ1v) is 19.4. The van der Waals surface area contributed by atoms with Crippen molar-refractivity contribution in [2.75, 3.05) is 41.9 Å². The van der Waals surface area contributed by atoms with Gasteiger partial charge in [-0.15, -0.1) is 0 Å². The van der Waals surface area contributed by atoms with Crippen molar-refractivity contribution in [2.24, 2.45) is 23.7 Å². The fourth-order valence-electron chi connectivity index (χ4n) is 7.94. The van der Waals surface area contributed by atoms with Gasteiger partial charge in [0.05, 0.1) is 42.7 Å². The van der Waals surface area contributed by atoms with Crippen molar-refractivity contribution < 1.29 is 28.7 Å². The number of nitrogens with zero attached hydrogens (tertiary/aromatic N) is 3. The van der Waals surface area contributed by atoms with E-state index in [-0.39, 0.29) is 71.8 Å². The molecule has 0 aliphatic carbocycles. The number of hydrogen-bond donors (Lipinski definition) is 2. The number of ether oxygens (including phenoxy) is 2. The van der Waals surface area contributed by atoms with Gasteiger partial charge in [0.2, 0.25) is 23.6 Å². The summed E-state index contributed by atoms with van der Waals surface area (Å²) in [7, 11) is 8.68. The van der Waals surface area contributed by atoms with Gasteiger partial charge in [0.15, 0.2) is 0 Å². The molecule has 1 aliphatic heterocycles. The quantitative estimate of drug-likeness (QED) is 0.195. The van der Waals surface area contributed by atoms with Crippen molar-refractivity contribution in [1.29, 1.82) is 0 Å². The molecule has 2 N–H and O–H groups in total. The molecule has 52 heavy (non-hydrogen) atoms. The van der Waals surface area contributed by atoms with Crippen molar-refractivity contribution in [3.05, 3.63) is 35.9 Å². The molecule has 10 unspecified atom stereocenters. The lowest BCUT2D eigenvalue weighted by atomic mass is 9.89. The smallest absolute Gasteiger partial charge is 0.245 e. The van der Waals surface area contributed by atoms with E-state index in [0.717, 1.165) is 24.8 Å². The second-order valence-corrected chi connectivity index (χ2v) is 16.0. The lowest BCUT2D eigenvalue weighted by Crippen LogP contribution is -2.59. The summed E-state index contributed by atoms with van der Waals surface area (Å²) in [5.41, 5.74) is 1.16. The van der Waals surface area contributed by atoms with E-state index in [1.807, 2.05) is 83.6 Å². The number of likely N-dealkylation sites (tertiary alicyclic amines) is 1. The Morgan fingerprint density at radius 1 is 0.865 bits per heavy atom. The molecule has 1 aromatic rings. The van der Waals surface area contributed by atoms with E-state index in [9.17, 15) is 19.2 Å². The number of likely N-dealkylation sites (N-methyl/N-ethyl adjacent to an activating group) is 2. The van der Waals surface area contributed by atoms with Crippen LogP contribution in [-0.4, -0.2) is 123 Å². The lowest BCUT2D eigenvalue weighted by Gasteiger charge is -2.41. The van der Waals surface area contributed by atoms with E-state index in [1.54, 1.807) is 26.2 Å². The topological polar surface area (TPSA) is 121 Å². The van der Waals surface area contributed by atoms with Crippen LogP contribution in [0.3, 0.4) is 0 Å². The fraction of sp³-hybridized carbons (Fsp3) is 0.756. The Balaban J connectivity index is 2.25. The van der Waals surface area contributed by atoms with Crippen LogP contribution in [0.2, 0.25) is 0 Å². The minimum absolute atomic E-state index is 0.00508. The zero-order valence-corrected chi connectivity index (χ0v) is 34.6. The van der Waals surface area contributed by atoms with Crippen molar-refractivity contribution in [3.8, 4) is 0 Å². The highest BCUT2D eigenvalue weighted by Gasteiger charge is 2.43. The van der Waals surface area contributed by atoms with E-state index >= 15 is 0 Å². The van der Waals surface area contributed by atoms with Gasteiger partial charge in [0.25, 0.3) is 0 Å². The Morgan fingerprint density at radius 3 is 1.98 bits per heavy atom. The molecule has 296 valence electrons. The first kappa shape index (κ1) is 45.1. The molecule has 1 aromatic carbocycles. The van der Waals surface area contributed by atoms with Gasteiger partial charge in [-0.25, -0.2) is 0 Å². The Kier molecular flexibility index (Phi) is 18.2. The number of carbonyl (C=O) groups excluding carboxylic acids is 4. The van der Waals surface area contributed by atoms with E-state index in [0.29, 0.717) is 6.54 Å². The zero-order chi connectivity index (χ0) is 39.4. The van der Waals surface area contributed by atoms with Crippen LogP contribution in [0.5, 0.6) is 0 Å². The molecule has 1 aliphatic rings. The second-order valence-electron chi connectivity index (χ2n) is 16.0. The van der Waals surface area contributed by atoms with Crippen LogP contribution in [0.25, 0.3) is 0 Å². The van der Waals surface area contributed by atoms with E-state index in [2.05, 4.69) is 43.5 Å². The van der Waals surface area contributed by atoms with Gasteiger partial charge in [-0.3, -0.25) is 24.1 Å². The van der Waals surface area contributed by atoms with Crippen molar-refractivity contribution >= 4 is 23.6 Å². The summed E-state index contributed by atoms with van der Waals surface area (Å²) in [6.45, 7) is 18.5. The summed E-state index contributed by atoms with van der Waals surface area (Å²) in [5.74, 6) is -1.06. The van der Waals surface area contributed by atoms with Crippen LogP contribution in [0.4, 0.5) is 0 Å². The maximum absolute atomic E-state index is 14.2. The second kappa shape index (κ2) is 21.0. The monoisotopic (exact) mass is 730 g/mol. The summed E-state index contributed by atoms with van der Waals surface area (Å²) in [5, 5.41) is 6.25. The highest BCUT2D eigenvalue weighted by atomic mass is 16.5. The number of benzene rings is 1. The molecule has 1 fully saturated rings. The summed E-state index contributed by atoms with van der Waals surface area (Å²) < 4.78 is 12.0. The van der Waals surface area contributed by atoms with Crippen molar-refractivity contribution in [2.45, 2.75) is 136 Å². The first-order chi connectivity index (χ1) is 24.4. The number of methoxy groups -OCH3 is 2. The molecule has 1 heterocycles. The van der Waals surface area contributed by atoms with Crippen LogP contribution in [-0.2, 0) is 28.7 Å². The number of rotatable bonds is 20. The largest absolute Gasteiger partial charge is 0.379 e. The Morgan fingerprint density at radius 2 is 1.48 bits per heavy atom. The molecule has 1 saturated heterocycles. The maximum Gasteiger partial charge on any atom is 0.245 e. The van der Waals surface area contributed by atoms with Gasteiger partial charge in [-0.1, -0.05) is 92.1 Å². The van der Waals surface area contributed by atoms with Gasteiger partial charge >= 0.3 is 0 Å². The molecule has 0 saturated carbocycles. The Bertz CT molecular complexity index is 1270. The SMILES string of the molecule is CCC(C)C(C(CC(=O)N1CCCC1C(OC)C(C)C(=O)NC(C)C(C)c1ccccc1)OC)N(C)C(=O)C(NC(=O)C(C(C)C)N(C)C)C(C)C. The Labute approximate surface area is 314 Å². The highest BCUT2D eigenvalue weighted by molar-refractivity contribution is 5.90. The molecule has 10 atom stereocenters. The van der Waals surface area contributed by atoms with Crippen LogP contribution in [0, 0.1) is 23.7 Å². The number of amides is 4. The normalized spacial score (nSPS) is 20.1. The average Bonchev–Trinajstić information content (AvgIpc) is 3.59. The zero-order valence-electron chi connectivity index (χ0n) is 34.6. The minimum atomic E-state index is -0.741. The third kappa shape index (κ3) is 11.5. The average molecular weight is 730 g/mol. The van der Waals surface area contributed by atoms with Gasteiger partial charge in [-0.2, -0.15) is 0 Å². The van der Waals surface area contributed by atoms with Crippen LogP contribution < -0.4 is 10.6 Å². The van der Waals surface area contributed by atoms with E-state index in [4.69, 9.17) is 9.47 Å². The van der Waals surface area contributed by atoms with Gasteiger partial charge in [0, 0.05) is 39.8 Å². The molecule has 2 rings (SSSR count). The van der Waals surface area contributed by atoms with Gasteiger partial charge < -0.3 is 29.9 Å². The highest BCUT2D eigenvalue weighted by Crippen LogP contribution is 2.30. The van der Waals surface area contributed by atoms with E-state index < -0.39 is 30.2 Å². The summed E-state index contributed by atoms with van der Waals surface area (Å²) in [6.07, 6.45) is 1.27. The predicted octanol–water partition coefficient (Wildman–Crippen LogP) is 4.94. The summed E-state index contributed by atoms with van der Waals surface area (Å²) in [4.78, 5) is 60.8. The van der Waals surface area contributed by atoms with Gasteiger partial charge in [-0.05, 0) is 57.2 Å². The molecule has 11 heteroatoms. The first-order valence-electron chi connectivity index (χ1n) is 19.4. The number of nitrogens with one attached hydrogen (secondary N) is 2. The third-order valence-electron chi connectivity index (χ3n) is 11.4. The standard InChI is InChI=1S/C41H71N5O6/c1-15-27(6)37(45(12)41(50)35(25(2)3)43-40(49)36(26(4)5)44(10)11)33(51-13)24-34(47)46-23-19-22-32(46)38(52-14)29(8)39(48)42-30(9)28(7)31-20-17-16-18-21-31/h16-18,20-21,25-30,32-33,35-38H,15,19,22-24H2,1-14H3,(H,42,48)(H,43,49). The van der Waals surface area contributed by atoms with Crippen molar-refractivity contribution in [3.63, 3.8) is 0 Å². The van der Waals surface area contributed by atoms with E-state index in [1.165, 1.54) is 0 Å². The molecule has 4 amide bonds. The number of carbonyl (C=O) groups is 4. The van der Waals surface area contributed by atoms with Crippen LogP contribution in [0.15, 0.2) is 30.3 Å². The minimum Gasteiger partial charge on any atom is -0.379 e. The molecular formula is C41H71N5O6. The predicted molar refractivity (Wildman–Crippen MR) is 208 cm³/mol. The van der Waals surface area contributed by atoms with Crippen LogP contribution >= 0.6 is 0 Å². The molecular weight excluding hydrogens is 658 g/mol. The van der Waals surface area contributed by atoms with Crippen molar-refractivity contribution in [1.82, 2.24) is 25.3 Å². The van der Waals surface area contributed by atoms with Gasteiger partial charge in [0.1, 0.15) is 6.04 Å². The summed E-state index contributed by atoms with van der Waals surface area (Å²) >= 11 is 0. The molecule has 11 nitrogen and oxygen atoms in total. The Hall–Kier alpha value is -3.02. The van der Waals surface area contributed by atoms with Crippen LogP contribution in [0.1, 0.15) is 99.5 Å². The molecule has 0 spiro atoms. The lowest BCUT2D eigenvalue weighted by molar-refractivity contribution is -0.148. The maximum atomic E-state index is 14.2. The number of hydrogen-bond acceptors (Lipinski definition) is 7. The molecule has 0 radical (unpaired) electrons. The third-order valence-corrected chi connectivity index (χ3v) is 11.4.